The zero-order valence-corrected chi connectivity index (χ0v) is 19.4. The lowest BCUT2D eigenvalue weighted by molar-refractivity contribution is -0.109. The number of rotatable bonds is 7. The summed E-state index contributed by atoms with van der Waals surface area (Å²) in [6.07, 6.45) is 4.27. The van der Waals surface area contributed by atoms with Crippen molar-refractivity contribution in [2.45, 2.75) is 56.8 Å². The van der Waals surface area contributed by atoms with Crippen molar-refractivity contribution in [3.05, 3.63) is 0 Å². The Morgan fingerprint density at radius 3 is 2.13 bits per heavy atom. The SMILES string of the molecule is CC(=O)SC[C@H]1CCN2CC[C@H](CSC[C@H]3CCN4CC[C@H](CO)N=C4N3)N=C2N1. The Balaban J connectivity index is 1.22. The highest BCUT2D eigenvalue weighted by atomic mass is 32.2. The van der Waals surface area contributed by atoms with Gasteiger partial charge in [-0.1, -0.05) is 11.8 Å². The maximum absolute atomic E-state index is 11.2. The van der Waals surface area contributed by atoms with Gasteiger partial charge in [0.25, 0.3) is 0 Å². The lowest BCUT2D eigenvalue weighted by Gasteiger charge is -2.40. The third-order valence-electron chi connectivity index (χ3n) is 6.16. The van der Waals surface area contributed by atoms with E-state index in [1.807, 2.05) is 11.8 Å². The lowest BCUT2D eigenvalue weighted by atomic mass is 10.1. The minimum absolute atomic E-state index is 0.0526. The van der Waals surface area contributed by atoms with E-state index in [4.69, 9.17) is 4.99 Å². The highest BCUT2D eigenvalue weighted by molar-refractivity contribution is 8.13. The molecule has 4 aliphatic rings. The van der Waals surface area contributed by atoms with Crippen LogP contribution < -0.4 is 10.6 Å². The van der Waals surface area contributed by atoms with Crippen LogP contribution in [0.4, 0.5) is 0 Å². The Bertz CT molecular complexity index is 676. The molecule has 0 amide bonds. The molecule has 0 unspecified atom stereocenters. The van der Waals surface area contributed by atoms with Gasteiger partial charge in [-0.25, -0.2) is 9.98 Å². The van der Waals surface area contributed by atoms with E-state index in [9.17, 15) is 9.90 Å². The number of aliphatic imine (C=N–C) groups is 2. The number of nitrogens with zero attached hydrogens (tertiary/aromatic N) is 4. The Hall–Kier alpha value is -1.13. The van der Waals surface area contributed by atoms with E-state index in [0.29, 0.717) is 18.1 Å². The van der Waals surface area contributed by atoms with Crippen LogP contribution in [0.15, 0.2) is 9.98 Å². The van der Waals surface area contributed by atoms with E-state index in [1.54, 1.807) is 6.92 Å². The van der Waals surface area contributed by atoms with Gasteiger partial charge in [0.1, 0.15) is 0 Å². The van der Waals surface area contributed by atoms with Crippen molar-refractivity contribution >= 4 is 40.6 Å². The molecular formula is C20H34N6O2S2. The topological polar surface area (TPSA) is 92.6 Å². The van der Waals surface area contributed by atoms with Gasteiger partial charge in [-0.05, 0) is 25.7 Å². The van der Waals surface area contributed by atoms with Crippen LogP contribution >= 0.6 is 23.5 Å². The van der Waals surface area contributed by atoms with Gasteiger partial charge in [-0.2, -0.15) is 11.8 Å². The molecule has 0 spiro atoms. The highest BCUT2D eigenvalue weighted by Crippen LogP contribution is 2.21. The molecule has 8 nitrogen and oxygen atoms in total. The number of thioether (sulfide) groups is 2. The molecule has 4 atom stereocenters. The summed E-state index contributed by atoms with van der Waals surface area (Å²) in [5.41, 5.74) is 0. The number of aliphatic hydroxyl groups is 1. The summed E-state index contributed by atoms with van der Waals surface area (Å²) >= 11 is 3.38. The molecule has 0 aromatic rings. The number of fused-ring (bicyclic) bond motifs is 2. The summed E-state index contributed by atoms with van der Waals surface area (Å²) in [7, 11) is 0. The first-order valence-corrected chi connectivity index (χ1v) is 13.2. The quantitative estimate of drug-likeness (QED) is 0.514. The molecule has 4 heterocycles. The Morgan fingerprint density at radius 1 is 0.933 bits per heavy atom. The molecule has 0 bridgehead atoms. The van der Waals surface area contributed by atoms with Gasteiger partial charge in [-0.15, -0.1) is 0 Å². The first-order chi connectivity index (χ1) is 14.6. The minimum Gasteiger partial charge on any atom is -0.394 e. The summed E-state index contributed by atoms with van der Waals surface area (Å²) in [4.78, 5) is 25.6. The number of hydrogen-bond donors (Lipinski definition) is 3. The summed E-state index contributed by atoms with van der Waals surface area (Å²) in [5, 5.41) is 16.7. The summed E-state index contributed by atoms with van der Waals surface area (Å²) in [6.45, 7) is 5.93. The van der Waals surface area contributed by atoms with Crippen LogP contribution in [-0.4, -0.2) is 106 Å². The molecule has 4 rings (SSSR count). The number of carbonyl (C=O) groups is 1. The first-order valence-electron chi connectivity index (χ1n) is 11.1. The fourth-order valence-electron chi connectivity index (χ4n) is 4.35. The number of carbonyl (C=O) groups excluding carboxylic acids is 1. The maximum Gasteiger partial charge on any atom is 0.194 e. The van der Waals surface area contributed by atoms with E-state index in [1.165, 1.54) is 11.8 Å². The molecule has 0 aromatic carbocycles. The van der Waals surface area contributed by atoms with Gasteiger partial charge >= 0.3 is 0 Å². The first kappa shape index (κ1) is 22.1. The van der Waals surface area contributed by atoms with Crippen molar-refractivity contribution in [3.63, 3.8) is 0 Å². The van der Waals surface area contributed by atoms with E-state index < -0.39 is 0 Å². The van der Waals surface area contributed by atoms with E-state index in [2.05, 4.69) is 25.4 Å². The lowest BCUT2D eigenvalue weighted by Crippen LogP contribution is -2.56. The van der Waals surface area contributed by atoms with Crippen LogP contribution in [0.5, 0.6) is 0 Å². The number of hydrogen-bond acceptors (Lipinski definition) is 10. The van der Waals surface area contributed by atoms with Crippen molar-refractivity contribution < 1.29 is 9.90 Å². The zero-order chi connectivity index (χ0) is 20.9. The molecule has 3 N–H and O–H groups in total. The fourth-order valence-corrected chi connectivity index (χ4v) is 6.22. The van der Waals surface area contributed by atoms with Gasteiger partial charge in [-0.3, -0.25) is 4.79 Å². The molecule has 2 fully saturated rings. The Kier molecular flexibility index (Phi) is 7.69. The molecule has 0 radical (unpaired) electrons. The highest BCUT2D eigenvalue weighted by Gasteiger charge is 2.30. The van der Waals surface area contributed by atoms with Crippen LogP contribution in [-0.2, 0) is 4.79 Å². The predicted octanol–water partition coefficient (Wildman–Crippen LogP) is 0.576. The van der Waals surface area contributed by atoms with Crippen LogP contribution in [0, 0.1) is 0 Å². The molecule has 0 saturated carbocycles. The van der Waals surface area contributed by atoms with Crippen molar-refractivity contribution in [1.82, 2.24) is 20.4 Å². The second-order valence-corrected chi connectivity index (χ2v) is 10.8. The summed E-state index contributed by atoms with van der Waals surface area (Å²) in [6, 6.07) is 1.19. The van der Waals surface area contributed by atoms with E-state index in [0.717, 1.165) is 81.0 Å². The second kappa shape index (κ2) is 10.5. The standard InChI is InChI=1S/C20H34N6O2S2/c1-14(28)30-13-18-5-9-26-8-4-17(23-20(26)24-18)12-29-11-16-3-7-25-6-2-15(10-27)21-19(25)22-16/h15-18,27H,2-13H2,1H3,(H,21,22)(H,23,24)/t15-,16-,17-,18-/m1/s1. The third kappa shape index (κ3) is 5.76. The molecule has 0 aromatic heterocycles. The fraction of sp³-hybridized carbons (Fsp3) is 0.850. The molecular weight excluding hydrogens is 420 g/mol. The number of aliphatic hydroxyl groups excluding tert-OH is 1. The van der Waals surface area contributed by atoms with Crippen molar-refractivity contribution in [2.24, 2.45) is 9.98 Å². The van der Waals surface area contributed by atoms with E-state index >= 15 is 0 Å². The monoisotopic (exact) mass is 454 g/mol. The normalized spacial score (nSPS) is 31.0. The molecule has 168 valence electrons. The Morgan fingerprint density at radius 2 is 1.50 bits per heavy atom. The van der Waals surface area contributed by atoms with Gasteiger partial charge in [0, 0.05) is 62.4 Å². The largest absolute Gasteiger partial charge is 0.394 e. The summed E-state index contributed by atoms with van der Waals surface area (Å²) < 4.78 is 0. The van der Waals surface area contributed by atoms with E-state index in [-0.39, 0.29) is 17.8 Å². The second-order valence-electron chi connectivity index (χ2n) is 8.55. The van der Waals surface area contributed by atoms with Gasteiger partial charge < -0.3 is 25.5 Å². The summed E-state index contributed by atoms with van der Waals surface area (Å²) in [5.74, 6) is 4.94. The number of guanidine groups is 2. The van der Waals surface area contributed by atoms with Crippen molar-refractivity contribution in [2.75, 3.05) is 50.0 Å². The maximum atomic E-state index is 11.2. The molecule has 0 aliphatic carbocycles. The van der Waals surface area contributed by atoms with Crippen molar-refractivity contribution in [3.8, 4) is 0 Å². The minimum atomic E-state index is 0.0526. The average Bonchev–Trinajstić information content (AvgIpc) is 2.76. The van der Waals surface area contributed by atoms with Gasteiger partial charge in [0.2, 0.25) is 0 Å². The van der Waals surface area contributed by atoms with Gasteiger partial charge in [0.15, 0.2) is 17.0 Å². The van der Waals surface area contributed by atoms with Crippen LogP contribution in [0.3, 0.4) is 0 Å². The molecule has 10 heteroatoms. The van der Waals surface area contributed by atoms with Crippen LogP contribution in [0.2, 0.25) is 0 Å². The molecule has 4 aliphatic heterocycles. The van der Waals surface area contributed by atoms with Gasteiger partial charge in [0.05, 0.1) is 18.7 Å². The Labute approximate surface area is 187 Å². The van der Waals surface area contributed by atoms with Crippen molar-refractivity contribution in [1.29, 1.82) is 0 Å². The molecule has 30 heavy (non-hydrogen) atoms. The van der Waals surface area contributed by atoms with Crippen LogP contribution in [0.25, 0.3) is 0 Å². The zero-order valence-electron chi connectivity index (χ0n) is 17.8. The smallest absolute Gasteiger partial charge is 0.194 e. The predicted molar refractivity (Wildman–Crippen MR) is 125 cm³/mol. The number of nitrogens with one attached hydrogen (secondary N) is 2. The van der Waals surface area contributed by atoms with Crippen LogP contribution in [0.1, 0.15) is 32.6 Å². The third-order valence-corrected chi connectivity index (χ3v) is 8.40. The molecule has 2 saturated heterocycles. The average molecular weight is 455 g/mol.